The highest BCUT2D eigenvalue weighted by atomic mass is 16.7. The number of amides is 1. The molecule has 2 aromatic carbocycles. The number of hydrogen-bond donors (Lipinski definition) is 3. The van der Waals surface area contributed by atoms with E-state index in [1.807, 2.05) is 81.4 Å². The Balaban J connectivity index is 1.47. The molecule has 6 rings (SSSR count). The van der Waals surface area contributed by atoms with Crippen molar-refractivity contribution < 1.29 is 19.4 Å². The van der Waals surface area contributed by atoms with E-state index in [9.17, 15) is 9.90 Å². The maximum absolute atomic E-state index is 12.6. The smallest absolute Gasteiger partial charge is 0.408 e. The second-order valence-electron chi connectivity index (χ2n) is 11.5. The van der Waals surface area contributed by atoms with E-state index < -0.39 is 23.0 Å². The number of aromatic nitrogens is 2. The Bertz CT molecular complexity index is 1550. The molecule has 3 heterocycles. The molecule has 40 heavy (non-hydrogen) atoms. The first-order valence-electron chi connectivity index (χ1n) is 13.4. The summed E-state index contributed by atoms with van der Waals surface area (Å²) in [5, 5.41) is 11.2. The Morgan fingerprint density at radius 2 is 1.68 bits per heavy atom. The van der Waals surface area contributed by atoms with Gasteiger partial charge in [0, 0.05) is 41.1 Å². The number of nitrogens with one attached hydrogen (secondary N) is 1. The number of anilines is 1. The van der Waals surface area contributed by atoms with Crippen molar-refractivity contribution in [3.63, 3.8) is 0 Å². The number of carbonyl (C=O) groups is 1. The first kappa shape index (κ1) is 26.2. The van der Waals surface area contributed by atoms with Gasteiger partial charge in [-0.05, 0) is 44.0 Å². The fraction of sp³-hybridized carbons (Fsp3) is 0.323. The van der Waals surface area contributed by atoms with Gasteiger partial charge in [-0.1, -0.05) is 54.6 Å². The average molecular weight is 540 g/mol. The standard InChI is InChI=1S/C31H33N5O4/c1-29(2,3)36(28(37)38)30(18-31(19-30)39-15-16-40-31)22-11-9-21(10-12-22)26-23(20-7-5-4-6-8-20)17-24-25(34-26)13-14-33-27(24)35-32/h4-14,17H,15-16,18-19,32H2,1-3H3,(H,33,35)(H,37,38). The molecule has 9 nitrogen and oxygen atoms in total. The van der Waals surface area contributed by atoms with Gasteiger partial charge >= 0.3 is 6.09 Å². The SMILES string of the molecule is CC(C)(C)N(C(=O)O)C1(c2ccc(-c3nc4ccnc(NN)c4cc3-c3ccccc3)cc2)CC2(C1)OCCO2. The summed E-state index contributed by atoms with van der Waals surface area (Å²) in [5.74, 6) is 5.56. The van der Waals surface area contributed by atoms with Crippen LogP contribution in [0.25, 0.3) is 33.3 Å². The summed E-state index contributed by atoms with van der Waals surface area (Å²) in [7, 11) is 0. The second kappa shape index (κ2) is 9.55. The molecule has 1 spiro atoms. The molecule has 206 valence electrons. The molecule has 0 atom stereocenters. The normalized spacial score (nSPS) is 17.5. The average Bonchev–Trinajstić information content (AvgIpc) is 3.41. The summed E-state index contributed by atoms with van der Waals surface area (Å²) in [6, 6.07) is 22.0. The van der Waals surface area contributed by atoms with Gasteiger partial charge in [0.15, 0.2) is 5.79 Å². The van der Waals surface area contributed by atoms with Gasteiger partial charge in [-0.25, -0.2) is 20.6 Å². The van der Waals surface area contributed by atoms with Gasteiger partial charge in [0.25, 0.3) is 0 Å². The summed E-state index contributed by atoms with van der Waals surface area (Å²) < 4.78 is 11.9. The molecule has 4 aromatic rings. The Hall–Kier alpha value is -4.05. The van der Waals surface area contributed by atoms with Gasteiger partial charge in [-0.2, -0.15) is 0 Å². The molecule has 1 aliphatic carbocycles. The van der Waals surface area contributed by atoms with Gasteiger partial charge < -0.3 is 20.0 Å². The number of ether oxygens (including phenoxy) is 2. The Morgan fingerprint density at radius 1 is 1.00 bits per heavy atom. The van der Waals surface area contributed by atoms with E-state index in [4.69, 9.17) is 20.3 Å². The fourth-order valence-corrected chi connectivity index (χ4v) is 6.35. The summed E-state index contributed by atoms with van der Waals surface area (Å²) in [5.41, 5.74) is 6.61. The Labute approximate surface area is 232 Å². The maximum atomic E-state index is 12.6. The van der Waals surface area contributed by atoms with Gasteiger partial charge in [0.05, 0.1) is 30.0 Å². The van der Waals surface area contributed by atoms with E-state index in [-0.39, 0.29) is 0 Å². The molecule has 0 radical (unpaired) electrons. The number of benzene rings is 2. The maximum Gasteiger partial charge on any atom is 0.408 e. The minimum Gasteiger partial charge on any atom is -0.465 e. The van der Waals surface area contributed by atoms with E-state index >= 15 is 0 Å². The van der Waals surface area contributed by atoms with Crippen LogP contribution < -0.4 is 11.3 Å². The quantitative estimate of drug-likeness (QED) is 0.216. The van der Waals surface area contributed by atoms with Crippen LogP contribution in [0.4, 0.5) is 10.6 Å². The van der Waals surface area contributed by atoms with E-state index in [0.29, 0.717) is 31.9 Å². The summed E-state index contributed by atoms with van der Waals surface area (Å²) >= 11 is 0. The number of rotatable bonds is 5. The lowest BCUT2D eigenvalue weighted by Crippen LogP contribution is -2.68. The molecule has 1 amide bonds. The van der Waals surface area contributed by atoms with Crippen molar-refractivity contribution in [3.05, 3.63) is 78.5 Å². The van der Waals surface area contributed by atoms with Gasteiger partial charge in [0.2, 0.25) is 0 Å². The molecule has 0 unspecified atom stereocenters. The van der Waals surface area contributed by atoms with E-state index in [2.05, 4.69) is 16.5 Å². The van der Waals surface area contributed by atoms with Crippen molar-refractivity contribution in [2.24, 2.45) is 5.84 Å². The fourth-order valence-electron chi connectivity index (χ4n) is 6.35. The van der Waals surface area contributed by atoms with Crippen molar-refractivity contribution in [1.29, 1.82) is 0 Å². The van der Waals surface area contributed by atoms with Crippen molar-refractivity contribution in [1.82, 2.24) is 14.9 Å². The molecule has 9 heteroatoms. The van der Waals surface area contributed by atoms with Crippen LogP contribution in [-0.2, 0) is 15.0 Å². The van der Waals surface area contributed by atoms with Crippen LogP contribution >= 0.6 is 0 Å². The zero-order valence-electron chi connectivity index (χ0n) is 22.8. The van der Waals surface area contributed by atoms with Crippen molar-refractivity contribution in [2.45, 2.75) is 50.5 Å². The molecule has 1 saturated carbocycles. The highest BCUT2D eigenvalue weighted by Crippen LogP contribution is 2.58. The summed E-state index contributed by atoms with van der Waals surface area (Å²) in [6.07, 6.45) is 1.59. The van der Waals surface area contributed by atoms with Crippen LogP contribution in [0, 0.1) is 0 Å². The highest BCUT2D eigenvalue weighted by molar-refractivity contribution is 5.96. The van der Waals surface area contributed by atoms with Crippen LogP contribution in [0.3, 0.4) is 0 Å². The number of fused-ring (bicyclic) bond motifs is 1. The predicted octanol–water partition coefficient (Wildman–Crippen LogP) is 5.76. The highest BCUT2D eigenvalue weighted by Gasteiger charge is 2.64. The monoisotopic (exact) mass is 539 g/mol. The second-order valence-corrected chi connectivity index (χ2v) is 11.5. The zero-order chi connectivity index (χ0) is 28.1. The first-order valence-corrected chi connectivity index (χ1v) is 13.4. The van der Waals surface area contributed by atoms with Crippen molar-refractivity contribution in [2.75, 3.05) is 18.6 Å². The third-order valence-electron chi connectivity index (χ3n) is 7.89. The van der Waals surface area contributed by atoms with Gasteiger partial charge in [-0.3, -0.25) is 4.90 Å². The third-order valence-corrected chi connectivity index (χ3v) is 7.89. The molecule has 2 aromatic heterocycles. The number of hydrogen-bond acceptors (Lipinski definition) is 7. The number of hydrazine groups is 1. The van der Waals surface area contributed by atoms with Crippen LogP contribution in [0.15, 0.2) is 72.9 Å². The number of pyridine rings is 2. The lowest BCUT2D eigenvalue weighted by Gasteiger charge is -2.60. The van der Waals surface area contributed by atoms with Crippen LogP contribution in [-0.4, -0.2) is 50.6 Å². The van der Waals surface area contributed by atoms with E-state index in [0.717, 1.165) is 38.9 Å². The topological polar surface area (TPSA) is 123 Å². The number of nitrogens with two attached hydrogens (primary N) is 1. The largest absolute Gasteiger partial charge is 0.465 e. The molecule has 1 aliphatic heterocycles. The van der Waals surface area contributed by atoms with Crippen molar-refractivity contribution >= 4 is 22.8 Å². The zero-order valence-corrected chi connectivity index (χ0v) is 22.8. The van der Waals surface area contributed by atoms with Crippen LogP contribution in [0.1, 0.15) is 39.2 Å². The third kappa shape index (κ3) is 4.27. The van der Waals surface area contributed by atoms with Gasteiger partial charge in [-0.15, -0.1) is 0 Å². The number of nitrogen functional groups attached to an aromatic ring is 1. The van der Waals surface area contributed by atoms with E-state index in [1.165, 1.54) is 0 Å². The minimum atomic E-state index is -0.968. The minimum absolute atomic E-state index is 0.439. The number of carboxylic acid groups (broad SMARTS) is 1. The van der Waals surface area contributed by atoms with E-state index in [1.54, 1.807) is 11.1 Å². The molecule has 4 N–H and O–H groups in total. The lowest BCUT2D eigenvalue weighted by molar-refractivity contribution is -0.272. The van der Waals surface area contributed by atoms with Crippen LogP contribution in [0.5, 0.6) is 0 Å². The first-order chi connectivity index (χ1) is 19.2. The Morgan fingerprint density at radius 3 is 2.27 bits per heavy atom. The summed E-state index contributed by atoms with van der Waals surface area (Å²) in [6.45, 7) is 6.80. The Kier molecular flexibility index (Phi) is 6.25. The van der Waals surface area contributed by atoms with Crippen LogP contribution in [0.2, 0.25) is 0 Å². The molecule has 2 fully saturated rings. The lowest BCUT2D eigenvalue weighted by atomic mass is 9.64. The predicted molar refractivity (Wildman–Crippen MR) is 153 cm³/mol. The molecule has 0 bridgehead atoms. The van der Waals surface area contributed by atoms with Gasteiger partial charge in [0.1, 0.15) is 5.82 Å². The summed E-state index contributed by atoms with van der Waals surface area (Å²) in [4.78, 5) is 23.6. The molecule has 1 saturated heterocycles. The van der Waals surface area contributed by atoms with Crippen molar-refractivity contribution in [3.8, 4) is 22.4 Å². The molecule has 2 aliphatic rings. The molecular weight excluding hydrogens is 506 g/mol. The number of nitrogens with zero attached hydrogens (tertiary/aromatic N) is 3. The molecular formula is C31H33N5O4.